The molecule has 11 heavy (non-hydrogen) atoms. The van der Waals surface area contributed by atoms with Gasteiger partial charge >= 0.3 is 75.3 Å². The Morgan fingerprint density at radius 3 is 1.55 bits per heavy atom. The molecule has 0 radical (unpaired) electrons. The molecule has 1 heteroatoms. The van der Waals surface area contributed by atoms with Crippen molar-refractivity contribution < 1.29 is 0 Å². The van der Waals surface area contributed by atoms with Crippen LogP contribution in [-0.4, -0.2) is 18.4 Å². The van der Waals surface area contributed by atoms with E-state index in [1.807, 2.05) is 0 Å². The van der Waals surface area contributed by atoms with Gasteiger partial charge in [0.15, 0.2) is 0 Å². The molecule has 0 fully saturated rings. The van der Waals surface area contributed by atoms with E-state index in [9.17, 15) is 0 Å². The van der Waals surface area contributed by atoms with E-state index in [1.54, 1.807) is 0 Å². The van der Waals surface area contributed by atoms with E-state index in [0.717, 1.165) is 0 Å². The van der Waals surface area contributed by atoms with Crippen LogP contribution in [0, 0.1) is 0 Å². The first-order valence-electron chi connectivity index (χ1n) is 4.34. The van der Waals surface area contributed by atoms with Gasteiger partial charge in [-0.1, -0.05) is 0 Å². The summed E-state index contributed by atoms with van der Waals surface area (Å²) in [6.45, 7) is 4.22. The van der Waals surface area contributed by atoms with Crippen molar-refractivity contribution in [2.75, 3.05) is 0 Å². The molecule has 0 aliphatic carbocycles. The molecule has 0 bridgehead atoms. The van der Waals surface area contributed by atoms with Crippen molar-refractivity contribution in [1.82, 2.24) is 0 Å². The van der Waals surface area contributed by atoms with E-state index in [-0.39, 0.29) is 0 Å². The quantitative estimate of drug-likeness (QED) is 0.531. The van der Waals surface area contributed by atoms with Crippen molar-refractivity contribution in [1.29, 1.82) is 0 Å². The molecule has 0 saturated carbocycles. The summed E-state index contributed by atoms with van der Waals surface area (Å²) in [5.41, 5.74) is 0. The summed E-state index contributed by atoms with van der Waals surface area (Å²) in [5.74, 6) is 0. The summed E-state index contributed by atoms with van der Waals surface area (Å²) in [7, 11) is 0. The molecule has 0 saturated heterocycles. The maximum atomic E-state index is 2.51. The second-order valence-corrected chi connectivity index (χ2v) is 18.4. The van der Waals surface area contributed by atoms with Crippen LogP contribution < -0.4 is 0 Å². The average molecular weight is 259 g/mol. The molecule has 0 rings (SSSR count). The van der Waals surface area contributed by atoms with Crippen molar-refractivity contribution in [2.45, 2.75) is 32.6 Å². The third kappa shape index (κ3) is 6.67. The SMILES string of the molecule is C/C=C/[CH2][Sn]([CH3])([CH3])[CH2]/C=C/C. The van der Waals surface area contributed by atoms with Crippen molar-refractivity contribution in [3.05, 3.63) is 24.3 Å². The average Bonchev–Trinajstić information content (AvgIpc) is 1.97. The van der Waals surface area contributed by atoms with Gasteiger partial charge in [0.05, 0.1) is 0 Å². The first-order chi connectivity index (χ1) is 5.12. The van der Waals surface area contributed by atoms with Crippen molar-refractivity contribution in [3.63, 3.8) is 0 Å². The van der Waals surface area contributed by atoms with Gasteiger partial charge in [-0.3, -0.25) is 0 Å². The Morgan fingerprint density at radius 1 is 0.909 bits per heavy atom. The number of allylic oxidation sites excluding steroid dienone is 4. The predicted octanol–water partition coefficient (Wildman–Crippen LogP) is 3.85. The summed E-state index contributed by atoms with van der Waals surface area (Å²) in [6.07, 6.45) is 9.02. The van der Waals surface area contributed by atoms with Crippen LogP contribution in [0.3, 0.4) is 0 Å². The molecule has 0 aromatic carbocycles. The number of hydrogen-bond acceptors (Lipinski definition) is 0. The van der Waals surface area contributed by atoms with E-state index in [4.69, 9.17) is 0 Å². The summed E-state index contributed by atoms with van der Waals surface area (Å²) in [4.78, 5) is 5.02. The van der Waals surface area contributed by atoms with Crippen LogP contribution in [0.5, 0.6) is 0 Å². The van der Waals surface area contributed by atoms with Crippen molar-refractivity contribution in [2.24, 2.45) is 0 Å². The van der Waals surface area contributed by atoms with Crippen LogP contribution in [0.15, 0.2) is 24.3 Å². The van der Waals surface area contributed by atoms with Gasteiger partial charge in [-0.2, -0.15) is 0 Å². The Morgan fingerprint density at radius 2 is 1.27 bits per heavy atom. The molecular formula is C10H20Sn. The molecule has 0 atom stereocenters. The fourth-order valence-electron chi connectivity index (χ4n) is 0.957. The monoisotopic (exact) mass is 260 g/mol. The van der Waals surface area contributed by atoms with Gasteiger partial charge in [-0.25, -0.2) is 0 Å². The van der Waals surface area contributed by atoms with Gasteiger partial charge in [-0.15, -0.1) is 0 Å². The normalized spacial score (nSPS) is 13.5. The fourth-order valence-corrected chi connectivity index (χ4v) is 6.42. The Labute approximate surface area is 75.3 Å². The Kier molecular flexibility index (Phi) is 6.02. The van der Waals surface area contributed by atoms with Gasteiger partial charge < -0.3 is 0 Å². The topological polar surface area (TPSA) is 0 Å². The third-order valence-electron chi connectivity index (χ3n) is 1.81. The zero-order valence-electron chi connectivity index (χ0n) is 8.22. The minimum atomic E-state index is -1.61. The third-order valence-corrected chi connectivity index (χ3v) is 9.47. The second-order valence-electron chi connectivity index (χ2n) is 3.71. The van der Waals surface area contributed by atoms with Crippen LogP contribution >= 0.6 is 0 Å². The van der Waals surface area contributed by atoms with Crippen LogP contribution in [0.1, 0.15) is 13.8 Å². The zero-order chi connectivity index (χ0) is 8.74. The fraction of sp³-hybridized carbons (Fsp3) is 0.600. The zero-order valence-corrected chi connectivity index (χ0v) is 11.1. The molecule has 0 spiro atoms. The van der Waals surface area contributed by atoms with E-state index < -0.39 is 18.4 Å². The number of rotatable bonds is 4. The number of hydrogen-bond donors (Lipinski definition) is 0. The standard InChI is InChI=1S/2C4H7.2CH3.Sn/c2*1-3-4-2;;;/h2*3-4H,1H2,2H3;2*1H3;/b2*4-3+;;;. The molecule has 0 aromatic heterocycles. The second kappa shape index (κ2) is 5.87. The summed E-state index contributed by atoms with van der Waals surface area (Å²) in [6, 6.07) is 0. The Bertz CT molecular complexity index is 127. The summed E-state index contributed by atoms with van der Waals surface area (Å²) in [5, 5.41) is 0. The molecule has 0 N–H and O–H groups in total. The van der Waals surface area contributed by atoms with E-state index in [0.29, 0.717) is 0 Å². The molecule has 0 nitrogen and oxygen atoms in total. The molecule has 0 aromatic rings. The summed E-state index contributed by atoms with van der Waals surface area (Å²) >= 11 is -1.61. The van der Waals surface area contributed by atoms with Crippen molar-refractivity contribution in [3.8, 4) is 0 Å². The molecule has 0 amide bonds. The first-order valence-corrected chi connectivity index (χ1v) is 14.1. The minimum absolute atomic E-state index is 1.38. The molecule has 0 unspecified atom stereocenters. The van der Waals surface area contributed by atoms with Crippen LogP contribution in [0.25, 0.3) is 0 Å². The van der Waals surface area contributed by atoms with Crippen molar-refractivity contribution >= 4 is 18.4 Å². The van der Waals surface area contributed by atoms with Gasteiger partial charge in [0.25, 0.3) is 0 Å². The van der Waals surface area contributed by atoms with E-state index >= 15 is 0 Å². The van der Waals surface area contributed by atoms with Crippen LogP contribution in [0.4, 0.5) is 0 Å². The van der Waals surface area contributed by atoms with Gasteiger partial charge in [0, 0.05) is 0 Å². The predicted molar refractivity (Wildman–Crippen MR) is 56.7 cm³/mol. The first kappa shape index (κ1) is 11.3. The van der Waals surface area contributed by atoms with Gasteiger partial charge in [0.1, 0.15) is 0 Å². The molecule has 0 heterocycles. The summed E-state index contributed by atoms with van der Waals surface area (Å²) < 4.78 is 2.77. The molecule has 0 aliphatic rings. The van der Waals surface area contributed by atoms with E-state index in [1.165, 1.54) is 8.87 Å². The molecule has 64 valence electrons. The molecular weight excluding hydrogens is 239 g/mol. The molecule has 0 aliphatic heterocycles. The Balaban J connectivity index is 3.78. The van der Waals surface area contributed by atoms with Gasteiger partial charge in [0.2, 0.25) is 0 Å². The maximum absolute atomic E-state index is 2.51. The van der Waals surface area contributed by atoms with Gasteiger partial charge in [-0.05, 0) is 0 Å². The Hall–Kier alpha value is 0.279. The van der Waals surface area contributed by atoms with E-state index in [2.05, 4.69) is 48.0 Å². The van der Waals surface area contributed by atoms with Crippen LogP contribution in [-0.2, 0) is 0 Å². The van der Waals surface area contributed by atoms with Crippen LogP contribution in [0.2, 0.25) is 18.8 Å².